The minimum absolute atomic E-state index is 0.00158. The van der Waals surface area contributed by atoms with Gasteiger partial charge in [-0.2, -0.15) is 0 Å². The largest absolute Gasteiger partial charge is 0.352 e. The molecule has 0 aliphatic heterocycles. The van der Waals surface area contributed by atoms with Crippen LogP contribution in [-0.2, 0) is 32.6 Å². The summed E-state index contributed by atoms with van der Waals surface area (Å²) in [6.07, 6.45) is 6.09. The summed E-state index contributed by atoms with van der Waals surface area (Å²) in [5.74, 6) is -1.14. The Balaban J connectivity index is 1.75. The number of carbonyl (C=O) groups excluding carboxylic acids is 3. The molecule has 1 saturated carbocycles. The van der Waals surface area contributed by atoms with Gasteiger partial charge in [0.25, 0.3) is 0 Å². The van der Waals surface area contributed by atoms with Gasteiger partial charge >= 0.3 is 0 Å². The van der Waals surface area contributed by atoms with Crippen LogP contribution in [0.15, 0.2) is 72.8 Å². The zero-order valence-corrected chi connectivity index (χ0v) is 27.2. The van der Waals surface area contributed by atoms with Crippen LogP contribution in [0.3, 0.4) is 0 Å². The van der Waals surface area contributed by atoms with Gasteiger partial charge in [-0.15, -0.1) is 0 Å². The summed E-state index contributed by atoms with van der Waals surface area (Å²) in [5, 5.41) is 3.81. The molecule has 0 unspecified atom stereocenters. The second-order valence-electron chi connectivity index (χ2n) is 11.2. The van der Waals surface area contributed by atoms with E-state index in [0.29, 0.717) is 21.2 Å². The second-order valence-corrected chi connectivity index (χ2v) is 13.9. The lowest BCUT2D eigenvalue weighted by atomic mass is 9.94. The van der Waals surface area contributed by atoms with Gasteiger partial charge in [0.15, 0.2) is 5.78 Å². The minimum atomic E-state index is -3.97. The zero-order valence-electron chi connectivity index (χ0n) is 24.8. The van der Waals surface area contributed by atoms with Gasteiger partial charge in [-0.3, -0.25) is 18.7 Å². The molecule has 0 saturated heterocycles. The van der Waals surface area contributed by atoms with Crippen molar-refractivity contribution >= 4 is 56.5 Å². The predicted octanol–water partition coefficient (Wildman–Crippen LogP) is 6.05. The SMILES string of the molecule is CC(=O)c1cccc(N(CC(=O)N(Cc2ccc(Cl)c(Cl)c2)[C@H](Cc2ccccc2)C(=O)NC2CCCCC2)S(C)(=O)=O)c1. The first-order valence-corrected chi connectivity index (χ1v) is 17.2. The van der Waals surface area contributed by atoms with Crippen LogP contribution in [0.25, 0.3) is 0 Å². The van der Waals surface area contributed by atoms with E-state index in [4.69, 9.17) is 23.2 Å². The molecule has 0 radical (unpaired) electrons. The molecule has 11 heteroatoms. The maximum absolute atomic E-state index is 14.3. The summed E-state index contributed by atoms with van der Waals surface area (Å²) in [5.41, 5.74) is 1.96. The number of ketones is 1. The van der Waals surface area contributed by atoms with Crippen molar-refractivity contribution < 1.29 is 22.8 Å². The Kier molecular flexibility index (Phi) is 11.5. The molecule has 3 aromatic carbocycles. The zero-order chi connectivity index (χ0) is 31.9. The number of carbonyl (C=O) groups is 3. The fourth-order valence-corrected chi connectivity index (χ4v) is 6.59. The lowest BCUT2D eigenvalue weighted by Crippen LogP contribution is -2.55. The van der Waals surface area contributed by atoms with Crippen LogP contribution in [0, 0.1) is 0 Å². The Morgan fingerprint density at radius 2 is 1.59 bits per heavy atom. The summed E-state index contributed by atoms with van der Waals surface area (Å²) < 4.78 is 27.0. The molecule has 0 bridgehead atoms. The fourth-order valence-electron chi connectivity index (χ4n) is 5.43. The third kappa shape index (κ3) is 9.06. The number of sulfonamides is 1. The lowest BCUT2D eigenvalue weighted by Gasteiger charge is -2.35. The van der Waals surface area contributed by atoms with Crippen molar-refractivity contribution in [3.8, 4) is 0 Å². The highest BCUT2D eigenvalue weighted by atomic mass is 35.5. The van der Waals surface area contributed by atoms with E-state index < -0.39 is 28.5 Å². The molecule has 1 N–H and O–H groups in total. The molecule has 0 spiro atoms. The Morgan fingerprint density at radius 3 is 2.23 bits per heavy atom. The monoisotopic (exact) mass is 657 g/mol. The maximum Gasteiger partial charge on any atom is 0.244 e. The standard InChI is InChI=1S/C33H37Cl2N3O5S/c1-23(39)26-12-9-15-28(20-26)38(44(2,42)43)22-32(40)37(21-25-16-17-29(34)30(35)18-25)31(19-24-10-5-3-6-11-24)33(41)36-27-13-7-4-8-14-27/h3,5-6,9-12,15-18,20,27,31H,4,7-8,13-14,19,21-22H2,1-2H3,(H,36,41)/t31-/m1/s1. The Labute approximate surface area is 269 Å². The van der Waals surface area contributed by atoms with E-state index in [1.54, 1.807) is 30.3 Å². The van der Waals surface area contributed by atoms with Crippen LogP contribution in [-0.4, -0.2) is 55.8 Å². The fraction of sp³-hybridized carbons (Fsp3) is 0.364. The number of Topliss-reactive ketones (excluding diaryl/α,β-unsaturated/α-hetero) is 1. The van der Waals surface area contributed by atoms with Gasteiger partial charge < -0.3 is 10.2 Å². The van der Waals surface area contributed by atoms with Gasteiger partial charge in [0.05, 0.1) is 22.0 Å². The first-order chi connectivity index (χ1) is 20.9. The number of halogens is 2. The Bertz CT molecular complexity index is 1590. The normalized spacial score (nSPS) is 14.5. The average Bonchev–Trinajstić information content (AvgIpc) is 2.99. The lowest BCUT2D eigenvalue weighted by molar-refractivity contribution is -0.140. The second kappa shape index (κ2) is 15.1. The molecule has 1 fully saturated rings. The van der Waals surface area contributed by atoms with E-state index in [-0.39, 0.29) is 36.4 Å². The summed E-state index contributed by atoms with van der Waals surface area (Å²) >= 11 is 12.5. The van der Waals surface area contributed by atoms with Gasteiger partial charge in [-0.1, -0.05) is 91.0 Å². The van der Waals surface area contributed by atoms with E-state index in [1.165, 1.54) is 24.0 Å². The minimum Gasteiger partial charge on any atom is -0.352 e. The first kappa shape index (κ1) is 33.5. The average molecular weight is 659 g/mol. The van der Waals surface area contributed by atoms with E-state index in [9.17, 15) is 22.8 Å². The highest BCUT2D eigenvalue weighted by molar-refractivity contribution is 7.92. The summed E-state index contributed by atoms with van der Waals surface area (Å²) in [4.78, 5) is 41.8. The molecule has 2 amide bonds. The molecule has 234 valence electrons. The van der Waals surface area contributed by atoms with Gasteiger partial charge in [0.1, 0.15) is 12.6 Å². The number of benzene rings is 3. The third-order valence-electron chi connectivity index (χ3n) is 7.78. The van der Waals surface area contributed by atoms with E-state index >= 15 is 0 Å². The van der Waals surface area contributed by atoms with Crippen LogP contribution in [0.2, 0.25) is 10.0 Å². The molecule has 4 rings (SSSR count). The van der Waals surface area contributed by atoms with Crippen LogP contribution in [0.4, 0.5) is 5.69 Å². The molecule has 8 nitrogen and oxygen atoms in total. The highest BCUT2D eigenvalue weighted by Crippen LogP contribution is 2.26. The predicted molar refractivity (Wildman–Crippen MR) is 175 cm³/mol. The number of nitrogens with zero attached hydrogens (tertiary/aromatic N) is 2. The summed E-state index contributed by atoms with van der Waals surface area (Å²) in [6, 6.07) is 19.5. The van der Waals surface area contributed by atoms with Crippen LogP contribution < -0.4 is 9.62 Å². The first-order valence-electron chi connectivity index (χ1n) is 14.6. The van der Waals surface area contributed by atoms with Crippen molar-refractivity contribution in [2.24, 2.45) is 0 Å². The number of hydrogen-bond donors (Lipinski definition) is 1. The summed E-state index contributed by atoms with van der Waals surface area (Å²) in [6.45, 7) is 0.785. The molecular weight excluding hydrogens is 621 g/mol. The smallest absolute Gasteiger partial charge is 0.244 e. The third-order valence-corrected chi connectivity index (χ3v) is 9.66. The Hall–Kier alpha value is -3.40. The van der Waals surface area contributed by atoms with Crippen molar-refractivity contribution in [2.45, 2.75) is 64.1 Å². The molecule has 1 atom stereocenters. The van der Waals surface area contributed by atoms with Crippen LogP contribution in [0.5, 0.6) is 0 Å². The number of nitrogens with one attached hydrogen (secondary N) is 1. The van der Waals surface area contributed by atoms with Crippen molar-refractivity contribution in [1.82, 2.24) is 10.2 Å². The van der Waals surface area contributed by atoms with Crippen molar-refractivity contribution in [3.63, 3.8) is 0 Å². The molecule has 44 heavy (non-hydrogen) atoms. The number of hydrogen-bond acceptors (Lipinski definition) is 5. The van der Waals surface area contributed by atoms with Gasteiger partial charge in [-0.05, 0) is 55.2 Å². The van der Waals surface area contributed by atoms with Gasteiger partial charge in [0.2, 0.25) is 21.8 Å². The van der Waals surface area contributed by atoms with E-state index in [2.05, 4.69) is 5.32 Å². The highest BCUT2D eigenvalue weighted by Gasteiger charge is 2.34. The topological polar surface area (TPSA) is 104 Å². The van der Waals surface area contributed by atoms with Crippen LogP contribution >= 0.6 is 23.2 Å². The molecule has 3 aromatic rings. The summed E-state index contributed by atoms with van der Waals surface area (Å²) in [7, 11) is -3.97. The molecule has 1 aliphatic carbocycles. The van der Waals surface area contributed by atoms with Gasteiger partial charge in [0, 0.05) is 24.6 Å². The number of anilines is 1. The molecular formula is C33H37Cl2N3O5S. The molecule has 1 aliphatic rings. The molecule has 0 aromatic heterocycles. The van der Waals surface area contributed by atoms with Crippen molar-refractivity contribution in [2.75, 3.05) is 17.1 Å². The van der Waals surface area contributed by atoms with E-state index in [0.717, 1.165) is 48.2 Å². The van der Waals surface area contributed by atoms with Crippen LogP contribution in [0.1, 0.15) is 60.5 Å². The van der Waals surface area contributed by atoms with Gasteiger partial charge in [-0.25, -0.2) is 8.42 Å². The van der Waals surface area contributed by atoms with Crippen molar-refractivity contribution in [1.29, 1.82) is 0 Å². The van der Waals surface area contributed by atoms with Crippen molar-refractivity contribution in [3.05, 3.63) is 99.5 Å². The Morgan fingerprint density at radius 1 is 0.886 bits per heavy atom. The number of rotatable bonds is 12. The number of amides is 2. The molecule has 0 heterocycles. The quantitative estimate of drug-likeness (QED) is 0.239. The maximum atomic E-state index is 14.3. The van der Waals surface area contributed by atoms with E-state index in [1.807, 2.05) is 30.3 Å².